The lowest BCUT2D eigenvalue weighted by Gasteiger charge is -2.09. The molecule has 1 aromatic heterocycles. The minimum absolute atomic E-state index is 0.105. The molecule has 0 saturated heterocycles. The molecule has 0 bridgehead atoms. The van der Waals surface area contributed by atoms with Gasteiger partial charge >= 0.3 is 6.09 Å². The first-order valence-corrected chi connectivity index (χ1v) is 3.81. The molecule has 0 aliphatic heterocycles. The Morgan fingerprint density at radius 1 is 1.69 bits per heavy atom. The lowest BCUT2D eigenvalue weighted by atomic mass is 10.4. The Morgan fingerprint density at radius 2 is 2.46 bits per heavy atom. The van der Waals surface area contributed by atoms with Gasteiger partial charge in [0, 0.05) is 20.2 Å². The van der Waals surface area contributed by atoms with Crippen molar-refractivity contribution in [1.82, 2.24) is 4.90 Å². The minimum atomic E-state index is -0.423. The van der Waals surface area contributed by atoms with Gasteiger partial charge in [-0.15, -0.1) is 0 Å². The van der Waals surface area contributed by atoms with Gasteiger partial charge in [0.25, 0.3) is 0 Å². The van der Waals surface area contributed by atoms with Crippen molar-refractivity contribution < 1.29 is 15.5 Å². The van der Waals surface area contributed by atoms with Gasteiger partial charge in [-0.2, -0.15) is 0 Å². The summed E-state index contributed by atoms with van der Waals surface area (Å²) in [6.07, 6.45) is 2.92. The highest BCUT2D eigenvalue weighted by Gasteiger charge is 2.08. The zero-order chi connectivity index (χ0) is 10.6. The molecule has 0 saturated carbocycles. The van der Waals surface area contributed by atoms with Crippen LogP contribution < -0.4 is 9.30 Å². The van der Waals surface area contributed by atoms with Crippen molar-refractivity contribution in [2.45, 2.75) is 0 Å². The maximum absolute atomic E-state index is 11.2. The molecule has 4 nitrogen and oxygen atoms in total. The van der Waals surface area contributed by atoms with Gasteiger partial charge in [-0.25, -0.2) is 9.36 Å². The van der Waals surface area contributed by atoms with E-state index in [0.717, 1.165) is 0 Å². The van der Waals surface area contributed by atoms with Crippen molar-refractivity contribution >= 4 is 6.09 Å². The van der Waals surface area contributed by atoms with E-state index >= 15 is 0 Å². The highest BCUT2D eigenvalue weighted by Crippen LogP contribution is 2.05. The molecule has 13 heavy (non-hydrogen) atoms. The number of carbonyl (C=O) groups excluding carboxylic acids is 1. The minimum Gasteiger partial charge on any atom is -0.404 e. The first kappa shape index (κ1) is 8.04. The lowest BCUT2D eigenvalue weighted by Crippen LogP contribution is -2.29. The number of hydrogen-bond acceptors (Lipinski definition) is 2. The van der Waals surface area contributed by atoms with Gasteiger partial charge in [0.15, 0.2) is 11.9 Å². The van der Waals surface area contributed by atoms with Gasteiger partial charge in [-0.1, -0.05) is 0 Å². The van der Waals surface area contributed by atoms with Crippen molar-refractivity contribution in [1.29, 1.82) is 0 Å². The molecule has 0 aliphatic carbocycles. The van der Waals surface area contributed by atoms with E-state index in [1.54, 1.807) is 43.2 Å². The van der Waals surface area contributed by atoms with Crippen LogP contribution in [0.15, 0.2) is 24.5 Å². The van der Waals surface area contributed by atoms with Crippen molar-refractivity contribution in [3.05, 3.63) is 24.5 Å². The number of pyridine rings is 1. The Labute approximate surface area is 78.8 Å². The van der Waals surface area contributed by atoms with Gasteiger partial charge in [0.2, 0.25) is 6.20 Å². The molecule has 0 atom stereocenters. The third-order valence-electron chi connectivity index (χ3n) is 1.40. The summed E-state index contributed by atoms with van der Waals surface area (Å²) < 4.78 is 13.7. The van der Waals surface area contributed by atoms with Crippen LogP contribution >= 0.6 is 0 Å². The molecule has 0 unspecified atom stereocenters. The Balaban J connectivity index is 2.72. The fraction of sp³-hybridized carbons (Fsp3) is 0.333. The summed E-state index contributed by atoms with van der Waals surface area (Å²) in [7, 11) is 3.33. The Morgan fingerprint density at radius 3 is 3.08 bits per heavy atom. The smallest absolute Gasteiger partial charge is 0.404 e. The van der Waals surface area contributed by atoms with Crippen LogP contribution in [0, 0.1) is 0 Å². The zero-order valence-corrected chi connectivity index (χ0v) is 7.73. The predicted molar refractivity (Wildman–Crippen MR) is 47.3 cm³/mol. The average molecular weight is 182 g/mol. The fourth-order valence-corrected chi connectivity index (χ4v) is 0.750. The molecule has 0 spiro atoms. The molecular formula is C9H13N2O2+. The summed E-state index contributed by atoms with van der Waals surface area (Å²) >= 11 is 0. The van der Waals surface area contributed by atoms with Crippen LogP contribution in [0.3, 0.4) is 0 Å². The van der Waals surface area contributed by atoms with E-state index in [0.29, 0.717) is 5.75 Å². The number of amides is 1. The SMILES string of the molecule is [2H]C[n+]1cccc(OC(=O)N(C)C)c1. The molecule has 0 aliphatic rings. The number of ether oxygens (including phenoxy) is 1. The quantitative estimate of drug-likeness (QED) is 0.595. The highest BCUT2D eigenvalue weighted by atomic mass is 16.6. The number of hydrogen-bond donors (Lipinski definition) is 0. The molecule has 1 rings (SSSR count). The maximum Gasteiger partial charge on any atom is 0.414 e. The fourth-order valence-electron chi connectivity index (χ4n) is 0.750. The first-order valence-electron chi connectivity index (χ1n) is 4.51. The number of nitrogens with zero attached hydrogens (tertiary/aromatic N) is 2. The summed E-state index contributed by atoms with van der Waals surface area (Å²) in [5.41, 5.74) is 0. The second kappa shape index (κ2) is 3.89. The average Bonchev–Trinajstić information content (AvgIpc) is 2.18. The lowest BCUT2D eigenvalue weighted by molar-refractivity contribution is -0.671. The zero-order valence-electron chi connectivity index (χ0n) is 8.73. The normalized spacial score (nSPS) is 10.5. The summed E-state index contributed by atoms with van der Waals surface area (Å²) in [5, 5.41) is 0. The molecule has 70 valence electrons. The molecule has 4 heteroatoms. The van der Waals surface area contributed by atoms with Gasteiger partial charge in [-0.3, -0.25) is 0 Å². The van der Waals surface area contributed by atoms with Crippen LogP contribution in [-0.4, -0.2) is 25.1 Å². The molecule has 0 aromatic carbocycles. The molecule has 0 radical (unpaired) electrons. The number of carbonyl (C=O) groups is 1. The summed E-state index contributed by atoms with van der Waals surface area (Å²) in [6, 6.07) is 3.40. The van der Waals surface area contributed by atoms with Crippen LogP contribution in [0.1, 0.15) is 1.37 Å². The molecule has 0 N–H and O–H groups in total. The highest BCUT2D eigenvalue weighted by molar-refractivity contribution is 5.69. The van der Waals surface area contributed by atoms with Gasteiger partial charge in [-0.05, 0) is 6.07 Å². The van der Waals surface area contributed by atoms with E-state index in [-0.39, 0.29) is 7.02 Å². The summed E-state index contributed by atoms with van der Waals surface area (Å²) in [4.78, 5) is 12.5. The topological polar surface area (TPSA) is 33.4 Å². The second-order valence-electron chi connectivity index (χ2n) is 2.82. The second-order valence-corrected chi connectivity index (χ2v) is 2.82. The van der Waals surface area contributed by atoms with Crippen LogP contribution in [0.2, 0.25) is 0 Å². The van der Waals surface area contributed by atoms with Gasteiger partial charge < -0.3 is 9.64 Å². The largest absolute Gasteiger partial charge is 0.414 e. The summed E-state index contributed by atoms with van der Waals surface area (Å²) in [6.45, 7) is 0. The van der Waals surface area contributed by atoms with E-state index < -0.39 is 6.09 Å². The van der Waals surface area contributed by atoms with Crippen LogP contribution in [-0.2, 0) is 7.02 Å². The number of rotatable bonds is 1. The van der Waals surface area contributed by atoms with Crippen molar-refractivity contribution in [2.75, 3.05) is 14.1 Å². The van der Waals surface area contributed by atoms with Crippen molar-refractivity contribution in [3.8, 4) is 5.75 Å². The van der Waals surface area contributed by atoms with Crippen molar-refractivity contribution in [3.63, 3.8) is 0 Å². The monoisotopic (exact) mass is 182 g/mol. The number of aromatic nitrogens is 1. The van der Waals surface area contributed by atoms with Crippen LogP contribution in [0.5, 0.6) is 5.75 Å². The van der Waals surface area contributed by atoms with E-state index in [9.17, 15) is 4.79 Å². The van der Waals surface area contributed by atoms with E-state index in [1.807, 2.05) is 0 Å². The van der Waals surface area contributed by atoms with Gasteiger partial charge in [0.05, 0.1) is 0 Å². The van der Waals surface area contributed by atoms with Crippen LogP contribution in [0.25, 0.3) is 0 Å². The maximum atomic E-state index is 11.2. The number of aryl methyl sites for hydroxylation is 1. The molecule has 0 fully saturated rings. The standard InChI is InChI=1S/C9H13N2O2/c1-10(2)9(12)13-8-5-4-6-11(3)7-8/h4-7H,1-3H3/q+1/i3D. The Hall–Kier alpha value is -1.58. The predicted octanol–water partition coefficient (Wildman–Crippen LogP) is 0.572. The van der Waals surface area contributed by atoms with E-state index in [2.05, 4.69) is 0 Å². The van der Waals surface area contributed by atoms with Crippen molar-refractivity contribution in [2.24, 2.45) is 7.02 Å². The van der Waals surface area contributed by atoms with Crippen LogP contribution in [0.4, 0.5) is 4.79 Å². The van der Waals surface area contributed by atoms with Gasteiger partial charge in [0.1, 0.15) is 8.39 Å². The Kier molecular flexibility index (Phi) is 2.40. The van der Waals surface area contributed by atoms with E-state index in [1.165, 1.54) is 4.90 Å². The molecule has 1 amide bonds. The molecule has 1 aromatic rings. The third-order valence-corrected chi connectivity index (χ3v) is 1.40. The molecule has 1 heterocycles. The third kappa shape index (κ3) is 2.74. The van der Waals surface area contributed by atoms with E-state index in [4.69, 9.17) is 6.11 Å². The summed E-state index contributed by atoms with van der Waals surface area (Å²) in [5.74, 6) is 0.443. The first-order chi connectivity index (χ1) is 6.63. The Bertz CT molecular complexity index is 328. The molecular weight excluding hydrogens is 168 g/mol.